The molecule has 0 aliphatic carbocycles. The molecule has 0 spiro atoms. The molecule has 1 aliphatic rings. The number of hydrogen-bond acceptors (Lipinski definition) is 3. The third-order valence-electron chi connectivity index (χ3n) is 3.82. The molecule has 1 aromatic carbocycles. The minimum Gasteiger partial charge on any atom is -0.380 e. The summed E-state index contributed by atoms with van der Waals surface area (Å²) in [4.78, 5) is 2.09. The van der Waals surface area contributed by atoms with Crippen molar-refractivity contribution in [2.45, 2.75) is 38.8 Å². The highest BCUT2D eigenvalue weighted by atomic mass is 19.1. The fourth-order valence-corrected chi connectivity index (χ4v) is 2.68. The van der Waals surface area contributed by atoms with Crippen molar-refractivity contribution in [3.63, 3.8) is 0 Å². The second-order valence-corrected chi connectivity index (χ2v) is 5.41. The zero-order valence-corrected chi connectivity index (χ0v) is 12.5. The molecule has 1 heterocycles. The van der Waals surface area contributed by atoms with E-state index in [0.29, 0.717) is 5.69 Å². The van der Waals surface area contributed by atoms with Crippen LogP contribution in [0.3, 0.4) is 0 Å². The molecule has 0 radical (unpaired) electrons. The van der Waals surface area contributed by atoms with Crippen LogP contribution in [0.25, 0.3) is 0 Å². The zero-order chi connectivity index (χ0) is 14.4. The van der Waals surface area contributed by atoms with Crippen LogP contribution < -0.4 is 10.2 Å². The monoisotopic (exact) mass is 280 g/mol. The fourth-order valence-electron chi connectivity index (χ4n) is 2.68. The predicted molar refractivity (Wildman–Crippen MR) is 80.6 cm³/mol. The van der Waals surface area contributed by atoms with Crippen LogP contribution in [0, 0.1) is 5.82 Å². The van der Waals surface area contributed by atoms with Gasteiger partial charge in [0.1, 0.15) is 5.82 Å². The number of halogens is 1. The van der Waals surface area contributed by atoms with E-state index in [-0.39, 0.29) is 11.9 Å². The van der Waals surface area contributed by atoms with Gasteiger partial charge in [0.25, 0.3) is 0 Å². The summed E-state index contributed by atoms with van der Waals surface area (Å²) in [5.41, 5.74) is 1.70. The van der Waals surface area contributed by atoms with Gasteiger partial charge in [-0.25, -0.2) is 4.39 Å². The van der Waals surface area contributed by atoms with Crippen LogP contribution in [0.4, 0.5) is 10.1 Å². The van der Waals surface area contributed by atoms with Gasteiger partial charge in [-0.3, -0.25) is 0 Å². The summed E-state index contributed by atoms with van der Waals surface area (Å²) in [5, 5.41) is 3.29. The molecule has 0 amide bonds. The van der Waals surface area contributed by atoms with Crippen molar-refractivity contribution in [1.29, 1.82) is 0 Å². The molecule has 2 rings (SSSR count). The molecule has 1 N–H and O–H groups in total. The highest BCUT2D eigenvalue weighted by Gasteiger charge is 2.21. The Balaban J connectivity index is 2.01. The van der Waals surface area contributed by atoms with Gasteiger partial charge in [0.15, 0.2) is 0 Å². The number of benzene rings is 1. The molecular weight excluding hydrogens is 255 g/mol. The number of methoxy groups -OCH3 is 1. The van der Waals surface area contributed by atoms with Crippen LogP contribution in [0.15, 0.2) is 18.2 Å². The Kier molecular flexibility index (Phi) is 5.80. The average molecular weight is 280 g/mol. The van der Waals surface area contributed by atoms with Crippen molar-refractivity contribution >= 4 is 5.69 Å². The number of nitrogens with zero attached hydrogens (tertiary/aromatic N) is 1. The van der Waals surface area contributed by atoms with Gasteiger partial charge in [0.2, 0.25) is 0 Å². The molecule has 1 aliphatic heterocycles. The Morgan fingerprint density at radius 3 is 3.00 bits per heavy atom. The lowest BCUT2D eigenvalue weighted by atomic mass is 10.1. The van der Waals surface area contributed by atoms with E-state index < -0.39 is 0 Å². The summed E-state index contributed by atoms with van der Waals surface area (Å²) in [7, 11) is 1.73. The topological polar surface area (TPSA) is 24.5 Å². The Labute approximate surface area is 121 Å². The number of rotatable bonds is 6. The van der Waals surface area contributed by atoms with Crippen LogP contribution >= 0.6 is 0 Å². The van der Waals surface area contributed by atoms with Gasteiger partial charge in [0, 0.05) is 26.7 Å². The molecule has 4 heteroatoms. The van der Waals surface area contributed by atoms with Crippen molar-refractivity contribution in [3.8, 4) is 0 Å². The lowest BCUT2D eigenvalue weighted by molar-refractivity contribution is 0.0892. The van der Waals surface area contributed by atoms with Crippen molar-refractivity contribution in [2.24, 2.45) is 0 Å². The SMILES string of the molecule is CCCNCc1ccc(N2CCCC(OC)C2)c(F)c1. The van der Waals surface area contributed by atoms with E-state index in [9.17, 15) is 4.39 Å². The largest absolute Gasteiger partial charge is 0.380 e. The molecule has 1 unspecified atom stereocenters. The second kappa shape index (κ2) is 7.60. The molecule has 0 saturated carbocycles. The summed E-state index contributed by atoms with van der Waals surface area (Å²) in [5.74, 6) is -0.127. The van der Waals surface area contributed by atoms with Gasteiger partial charge in [-0.15, -0.1) is 0 Å². The molecule has 1 saturated heterocycles. The van der Waals surface area contributed by atoms with Crippen molar-refractivity contribution in [2.75, 3.05) is 31.6 Å². The van der Waals surface area contributed by atoms with Gasteiger partial charge in [-0.1, -0.05) is 13.0 Å². The van der Waals surface area contributed by atoms with Gasteiger partial charge in [-0.05, 0) is 43.5 Å². The van der Waals surface area contributed by atoms with Gasteiger partial charge < -0.3 is 15.0 Å². The number of ether oxygens (including phenoxy) is 1. The highest BCUT2D eigenvalue weighted by molar-refractivity contribution is 5.49. The summed E-state index contributed by atoms with van der Waals surface area (Å²) in [6, 6.07) is 5.56. The summed E-state index contributed by atoms with van der Waals surface area (Å²) >= 11 is 0. The van der Waals surface area contributed by atoms with Gasteiger partial charge in [-0.2, -0.15) is 0 Å². The lowest BCUT2D eigenvalue weighted by Crippen LogP contribution is -2.39. The van der Waals surface area contributed by atoms with Crippen LogP contribution in [0.1, 0.15) is 31.7 Å². The Morgan fingerprint density at radius 2 is 2.30 bits per heavy atom. The van der Waals surface area contributed by atoms with Crippen molar-refractivity contribution in [1.82, 2.24) is 5.32 Å². The first-order valence-corrected chi connectivity index (χ1v) is 7.51. The Morgan fingerprint density at radius 1 is 1.45 bits per heavy atom. The predicted octanol–water partition coefficient (Wildman–Crippen LogP) is 2.94. The van der Waals surface area contributed by atoms with Crippen LogP contribution in [0.2, 0.25) is 0 Å². The molecule has 20 heavy (non-hydrogen) atoms. The standard InChI is InChI=1S/C16H25FN2O/c1-3-8-18-11-13-6-7-16(15(17)10-13)19-9-4-5-14(12-19)20-2/h6-7,10,14,18H,3-5,8-9,11-12H2,1-2H3. The van der Waals surface area contributed by atoms with Gasteiger partial charge in [0.05, 0.1) is 11.8 Å². The van der Waals surface area contributed by atoms with Crippen molar-refractivity contribution in [3.05, 3.63) is 29.6 Å². The average Bonchev–Trinajstić information content (AvgIpc) is 2.48. The zero-order valence-electron chi connectivity index (χ0n) is 12.5. The first-order valence-electron chi connectivity index (χ1n) is 7.51. The quantitative estimate of drug-likeness (QED) is 0.811. The maximum Gasteiger partial charge on any atom is 0.146 e. The smallest absolute Gasteiger partial charge is 0.146 e. The van der Waals surface area contributed by atoms with E-state index in [0.717, 1.165) is 51.0 Å². The molecule has 112 valence electrons. The minimum absolute atomic E-state index is 0.127. The number of nitrogens with one attached hydrogen (secondary N) is 1. The fraction of sp³-hybridized carbons (Fsp3) is 0.625. The van der Waals surface area contributed by atoms with Crippen molar-refractivity contribution < 1.29 is 9.13 Å². The van der Waals surface area contributed by atoms with E-state index in [1.54, 1.807) is 13.2 Å². The lowest BCUT2D eigenvalue weighted by Gasteiger charge is -2.33. The van der Waals surface area contributed by atoms with E-state index in [2.05, 4.69) is 17.1 Å². The minimum atomic E-state index is -0.127. The Hall–Kier alpha value is -1.13. The molecule has 3 nitrogen and oxygen atoms in total. The van der Waals surface area contributed by atoms with E-state index in [1.807, 2.05) is 12.1 Å². The molecular formula is C16H25FN2O. The molecule has 1 aromatic rings. The molecule has 1 atom stereocenters. The second-order valence-electron chi connectivity index (χ2n) is 5.41. The maximum absolute atomic E-state index is 14.3. The normalized spacial score (nSPS) is 19.4. The van der Waals surface area contributed by atoms with Crippen LogP contribution in [-0.4, -0.2) is 32.8 Å². The number of piperidine rings is 1. The van der Waals surface area contributed by atoms with E-state index >= 15 is 0 Å². The van der Waals surface area contributed by atoms with Gasteiger partial charge >= 0.3 is 0 Å². The Bertz CT molecular complexity index is 425. The summed E-state index contributed by atoms with van der Waals surface area (Å²) in [6.07, 6.45) is 3.42. The molecule has 0 bridgehead atoms. The summed E-state index contributed by atoms with van der Waals surface area (Å²) in [6.45, 7) is 5.50. The third-order valence-corrected chi connectivity index (χ3v) is 3.82. The first kappa shape index (κ1) is 15.3. The summed E-state index contributed by atoms with van der Waals surface area (Å²) < 4.78 is 19.7. The number of anilines is 1. The number of hydrogen-bond donors (Lipinski definition) is 1. The van der Waals surface area contributed by atoms with Crippen LogP contribution in [0.5, 0.6) is 0 Å². The van der Waals surface area contributed by atoms with Crippen LogP contribution in [-0.2, 0) is 11.3 Å². The van der Waals surface area contributed by atoms with E-state index in [4.69, 9.17) is 4.74 Å². The molecule has 0 aromatic heterocycles. The van der Waals surface area contributed by atoms with E-state index in [1.165, 1.54) is 0 Å². The maximum atomic E-state index is 14.3. The first-order chi connectivity index (χ1) is 9.74. The third kappa shape index (κ3) is 3.93. The molecule has 1 fully saturated rings. The highest BCUT2D eigenvalue weighted by Crippen LogP contribution is 2.25.